The second-order valence-corrected chi connectivity index (χ2v) is 2.78. The van der Waals surface area contributed by atoms with Crippen molar-refractivity contribution in [2.45, 2.75) is 0 Å². The van der Waals surface area contributed by atoms with Gasteiger partial charge in [-0.3, -0.25) is 0 Å². The van der Waals surface area contributed by atoms with E-state index in [2.05, 4.69) is 9.97 Å². The van der Waals surface area contributed by atoms with Gasteiger partial charge in [-0.2, -0.15) is 0 Å². The number of fused-ring (bicyclic) bond motifs is 1. The lowest BCUT2D eigenvalue weighted by Gasteiger charge is -1.94. The first kappa shape index (κ1) is 8.01. The molecule has 66 valence electrons. The Morgan fingerprint density at radius 3 is 3.23 bits per heavy atom. The van der Waals surface area contributed by atoms with Crippen LogP contribution in [-0.2, 0) is 0 Å². The normalized spacial score (nSPS) is 11.5. The minimum Gasteiger partial charge on any atom is -0.346 e. The lowest BCUT2D eigenvalue weighted by atomic mass is 10.2. The van der Waals surface area contributed by atoms with Gasteiger partial charge in [-0.15, -0.1) is 0 Å². The summed E-state index contributed by atoms with van der Waals surface area (Å²) in [4.78, 5) is 7.25. The predicted molar refractivity (Wildman–Crippen MR) is 54.2 cm³/mol. The molecule has 0 aromatic carbocycles. The van der Waals surface area contributed by atoms with Gasteiger partial charge in [0.25, 0.3) is 0 Å². The van der Waals surface area contributed by atoms with Crippen molar-refractivity contribution >= 4 is 17.1 Å². The van der Waals surface area contributed by atoms with E-state index in [0.29, 0.717) is 6.54 Å². The average molecular weight is 173 g/mol. The number of aromatic nitrogens is 2. The number of hydrogen-bond donors (Lipinski definition) is 2. The molecule has 0 fully saturated rings. The molecule has 3 heteroatoms. The lowest BCUT2D eigenvalue weighted by Crippen LogP contribution is -1.92. The summed E-state index contributed by atoms with van der Waals surface area (Å²) < 4.78 is 0. The Morgan fingerprint density at radius 1 is 1.46 bits per heavy atom. The van der Waals surface area contributed by atoms with Crippen LogP contribution in [0.1, 0.15) is 5.56 Å². The molecule has 0 aliphatic heterocycles. The van der Waals surface area contributed by atoms with Gasteiger partial charge in [-0.05, 0) is 17.7 Å². The van der Waals surface area contributed by atoms with Gasteiger partial charge in [0, 0.05) is 24.3 Å². The van der Waals surface area contributed by atoms with E-state index in [0.717, 1.165) is 16.6 Å². The molecule has 3 N–H and O–H groups in total. The summed E-state index contributed by atoms with van der Waals surface area (Å²) in [7, 11) is 0. The van der Waals surface area contributed by atoms with Crippen LogP contribution in [0.5, 0.6) is 0 Å². The van der Waals surface area contributed by atoms with Crippen LogP contribution >= 0.6 is 0 Å². The lowest BCUT2D eigenvalue weighted by molar-refractivity contribution is 1.26. The number of aromatic amines is 1. The van der Waals surface area contributed by atoms with E-state index in [9.17, 15) is 0 Å². The molecule has 0 aliphatic carbocycles. The van der Waals surface area contributed by atoms with Crippen LogP contribution in [0.25, 0.3) is 17.1 Å². The van der Waals surface area contributed by atoms with Crippen molar-refractivity contribution in [3.8, 4) is 0 Å². The van der Waals surface area contributed by atoms with Crippen LogP contribution in [0.15, 0.2) is 30.6 Å². The highest BCUT2D eigenvalue weighted by Crippen LogP contribution is 2.15. The maximum absolute atomic E-state index is 5.39. The summed E-state index contributed by atoms with van der Waals surface area (Å²) in [5.74, 6) is 0. The topological polar surface area (TPSA) is 54.7 Å². The third-order valence-corrected chi connectivity index (χ3v) is 1.93. The Balaban J connectivity index is 2.54. The first-order valence-corrected chi connectivity index (χ1v) is 4.20. The van der Waals surface area contributed by atoms with Gasteiger partial charge in [0.1, 0.15) is 5.65 Å². The molecule has 0 saturated heterocycles. The van der Waals surface area contributed by atoms with E-state index in [4.69, 9.17) is 5.73 Å². The number of pyridine rings is 1. The van der Waals surface area contributed by atoms with Gasteiger partial charge in [0.05, 0.1) is 0 Å². The Morgan fingerprint density at radius 2 is 2.38 bits per heavy atom. The van der Waals surface area contributed by atoms with E-state index >= 15 is 0 Å². The molecule has 0 atom stereocenters. The van der Waals surface area contributed by atoms with Crippen molar-refractivity contribution in [2.24, 2.45) is 5.73 Å². The molecule has 0 radical (unpaired) electrons. The van der Waals surface area contributed by atoms with E-state index in [1.807, 2.05) is 30.5 Å². The van der Waals surface area contributed by atoms with Crippen molar-refractivity contribution in [3.05, 3.63) is 36.2 Å². The fourth-order valence-corrected chi connectivity index (χ4v) is 1.32. The van der Waals surface area contributed by atoms with Crippen LogP contribution < -0.4 is 5.73 Å². The molecule has 0 unspecified atom stereocenters. The third-order valence-electron chi connectivity index (χ3n) is 1.93. The number of nitrogens with two attached hydrogens (primary N) is 1. The van der Waals surface area contributed by atoms with Crippen molar-refractivity contribution in [3.63, 3.8) is 0 Å². The number of nitrogens with zero attached hydrogens (tertiary/aromatic N) is 1. The molecule has 3 nitrogen and oxygen atoms in total. The SMILES string of the molecule is NCC=Cc1ccnc2[nH]ccc12. The molecular formula is C10H11N3. The second kappa shape index (κ2) is 3.41. The van der Waals surface area contributed by atoms with Crippen LogP contribution in [0.3, 0.4) is 0 Å². The molecule has 2 aromatic heterocycles. The van der Waals surface area contributed by atoms with Gasteiger partial charge in [-0.1, -0.05) is 12.2 Å². The molecule has 13 heavy (non-hydrogen) atoms. The van der Waals surface area contributed by atoms with Crippen LogP contribution in [0.4, 0.5) is 0 Å². The van der Waals surface area contributed by atoms with E-state index in [1.165, 1.54) is 0 Å². The fraction of sp³-hybridized carbons (Fsp3) is 0.100. The smallest absolute Gasteiger partial charge is 0.137 e. The maximum Gasteiger partial charge on any atom is 0.137 e. The minimum absolute atomic E-state index is 0.564. The molecule has 2 aromatic rings. The number of rotatable bonds is 2. The zero-order valence-corrected chi connectivity index (χ0v) is 7.20. The van der Waals surface area contributed by atoms with E-state index in [1.54, 1.807) is 6.20 Å². The minimum atomic E-state index is 0.564. The van der Waals surface area contributed by atoms with E-state index in [-0.39, 0.29) is 0 Å². The first-order chi connectivity index (χ1) is 6.42. The Hall–Kier alpha value is -1.61. The highest BCUT2D eigenvalue weighted by Gasteiger charge is 1.97. The van der Waals surface area contributed by atoms with Crippen LogP contribution in [0, 0.1) is 0 Å². The quantitative estimate of drug-likeness (QED) is 0.723. The highest BCUT2D eigenvalue weighted by molar-refractivity contribution is 5.85. The molecule has 0 spiro atoms. The van der Waals surface area contributed by atoms with Crippen molar-refractivity contribution < 1.29 is 0 Å². The summed E-state index contributed by atoms with van der Waals surface area (Å²) in [6.45, 7) is 0.564. The molecule has 0 amide bonds. The van der Waals surface area contributed by atoms with Crippen molar-refractivity contribution in [1.82, 2.24) is 9.97 Å². The van der Waals surface area contributed by atoms with Crippen LogP contribution in [0.2, 0.25) is 0 Å². The van der Waals surface area contributed by atoms with Gasteiger partial charge in [0.2, 0.25) is 0 Å². The summed E-state index contributed by atoms with van der Waals surface area (Å²) in [6, 6.07) is 3.99. The van der Waals surface area contributed by atoms with Crippen molar-refractivity contribution in [2.75, 3.05) is 6.54 Å². The van der Waals surface area contributed by atoms with Crippen LogP contribution in [-0.4, -0.2) is 16.5 Å². The largest absolute Gasteiger partial charge is 0.346 e. The summed E-state index contributed by atoms with van der Waals surface area (Å²) >= 11 is 0. The third kappa shape index (κ3) is 1.46. The fourth-order valence-electron chi connectivity index (χ4n) is 1.32. The number of nitrogens with one attached hydrogen (secondary N) is 1. The summed E-state index contributed by atoms with van der Waals surface area (Å²) in [5.41, 5.74) is 7.45. The molecule has 0 saturated carbocycles. The predicted octanol–water partition coefficient (Wildman–Crippen LogP) is 1.53. The zero-order chi connectivity index (χ0) is 9.10. The molecule has 0 aliphatic rings. The van der Waals surface area contributed by atoms with Crippen molar-refractivity contribution in [1.29, 1.82) is 0 Å². The van der Waals surface area contributed by atoms with Gasteiger partial charge >= 0.3 is 0 Å². The Bertz CT molecular complexity index is 428. The van der Waals surface area contributed by atoms with E-state index < -0.39 is 0 Å². The average Bonchev–Trinajstić information content (AvgIpc) is 2.62. The molecule has 0 bridgehead atoms. The summed E-state index contributed by atoms with van der Waals surface area (Å²) in [5, 5.41) is 1.13. The Kier molecular flexibility index (Phi) is 2.10. The molecule has 2 rings (SSSR count). The Labute approximate surface area is 76.3 Å². The highest BCUT2D eigenvalue weighted by atomic mass is 14.8. The monoisotopic (exact) mass is 173 g/mol. The maximum atomic E-state index is 5.39. The first-order valence-electron chi connectivity index (χ1n) is 4.20. The summed E-state index contributed by atoms with van der Waals surface area (Å²) in [6.07, 6.45) is 7.62. The van der Waals surface area contributed by atoms with Gasteiger partial charge in [0.15, 0.2) is 0 Å². The van der Waals surface area contributed by atoms with Gasteiger partial charge < -0.3 is 10.7 Å². The number of H-pyrrole nitrogens is 1. The molecule has 2 heterocycles. The number of hydrogen-bond acceptors (Lipinski definition) is 2. The zero-order valence-electron chi connectivity index (χ0n) is 7.20. The standard InChI is InChI=1S/C10H11N3/c11-5-1-2-8-3-6-12-10-9(8)4-7-13-10/h1-4,6-7H,5,11H2,(H,12,13). The van der Waals surface area contributed by atoms with Gasteiger partial charge in [-0.25, -0.2) is 4.98 Å². The second-order valence-electron chi connectivity index (χ2n) is 2.78. The molecular weight excluding hydrogens is 162 g/mol.